The summed E-state index contributed by atoms with van der Waals surface area (Å²) < 4.78 is 4.91. The van der Waals surface area contributed by atoms with E-state index in [1.807, 2.05) is 0 Å². The molecule has 0 heterocycles. The Balaban J connectivity index is 3.68. The minimum Gasteiger partial charge on any atom is -0.481 e. The van der Waals surface area contributed by atoms with Crippen molar-refractivity contribution in [2.24, 2.45) is 5.41 Å². The molecule has 0 aliphatic rings. The SMILES string of the molecule is C#CC(C)(C)COC(=O)CCCC(=O)O. The molecule has 0 unspecified atom stereocenters. The fraction of sp³-hybridized carbons (Fsp3) is 0.636. The average molecular weight is 212 g/mol. The zero-order chi connectivity index (χ0) is 11.9. The Kier molecular flexibility index (Phi) is 5.46. The Labute approximate surface area is 89.6 Å². The van der Waals surface area contributed by atoms with Crippen molar-refractivity contribution in [1.29, 1.82) is 0 Å². The van der Waals surface area contributed by atoms with Gasteiger partial charge in [0.1, 0.15) is 6.61 Å². The number of hydrogen-bond acceptors (Lipinski definition) is 3. The zero-order valence-electron chi connectivity index (χ0n) is 9.08. The molecule has 0 bridgehead atoms. The number of carboxylic acids is 1. The third kappa shape index (κ3) is 7.56. The molecule has 0 rings (SSSR count). The van der Waals surface area contributed by atoms with Gasteiger partial charge in [-0.3, -0.25) is 9.59 Å². The summed E-state index contributed by atoms with van der Waals surface area (Å²) in [6.07, 6.45) is 5.61. The summed E-state index contributed by atoms with van der Waals surface area (Å²) in [6, 6.07) is 0. The van der Waals surface area contributed by atoms with Gasteiger partial charge in [-0.2, -0.15) is 0 Å². The predicted octanol–water partition coefficient (Wildman–Crippen LogP) is 1.44. The van der Waals surface area contributed by atoms with Crippen LogP contribution in [0.3, 0.4) is 0 Å². The number of ether oxygens (including phenoxy) is 1. The largest absolute Gasteiger partial charge is 0.481 e. The highest BCUT2D eigenvalue weighted by Crippen LogP contribution is 2.13. The van der Waals surface area contributed by atoms with E-state index < -0.39 is 17.4 Å². The van der Waals surface area contributed by atoms with Crippen LogP contribution in [0.25, 0.3) is 0 Å². The average Bonchev–Trinajstić information content (AvgIpc) is 2.14. The van der Waals surface area contributed by atoms with Gasteiger partial charge in [-0.15, -0.1) is 6.42 Å². The van der Waals surface area contributed by atoms with Crippen molar-refractivity contribution in [2.45, 2.75) is 33.1 Å². The molecule has 84 valence electrons. The maximum Gasteiger partial charge on any atom is 0.305 e. The fourth-order valence-corrected chi connectivity index (χ4v) is 0.759. The first-order valence-electron chi connectivity index (χ1n) is 4.72. The molecule has 0 amide bonds. The molecule has 4 heteroatoms. The van der Waals surface area contributed by atoms with E-state index in [0.717, 1.165) is 0 Å². The van der Waals surface area contributed by atoms with Crippen LogP contribution in [0.5, 0.6) is 0 Å². The molecule has 0 fully saturated rings. The van der Waals surface area contributed by atoms with Crippen LogP contribution in [-0.4, -0.2) is 23.7 Å². The second-order valence-electron chi connectivity index (χ2n) is 3.94. The fourth-order valence-electron chi connectivity index (χ4n) is 0.759. The number of terminal acetylenes is 1. The standard InChI is InChI=1S/C11H16O4/c1-4-11(2,3)8-15-10(14)7-5-6-9(12)13/h1H,5-8H2,2-3H3,(H,12,13). The molecule has 0 saturated heterocycles. The summed E-state index contributed by atoms with van der Waals surface area (Å²) in [7, 11) is 0. The Morgan fingerprint density at radius 1 is 1.40 bits per heavy atom. The second kappa shape index (κ2) is 6.07. The third-order valence-electron chi connectivity index (χ3n) is 1.76. The molecule has 4 nitrogen and oxygen atoms in total. The maximum atomic E-state index is 11.1. The second-order valence-corrected chi connectivity index (χ2v) is 3.94. The smallest absolute Gasteiger partial charge is 0.305 e. The lowest BCUT2D eigenvalue weighted by Gasteiger charge is -2.16. The van der Waals surface area contributed by atoms with Gasteiger partial charge in [-0.1, -0.05) is 5.92 Å². The van der Waals surface area contributed by atoms with Gasteiger partial charge in [0.25, 0.3) is 0 Å². The number of carbonyl (C=O) groups excluding carboxylic acids is 1. The lowest BCUT2D eigenvalue weighted by Crippen LogP contribution is -2.20. The van der Waals surface area contributed by atoms with Crippen LogP contribution in [-0.2, 0) is 14.3 Å². The van der Waals surface area contributed by atoms with Gasteiger partial charge in [-0.05, 0) is 20.3 Å². The van der Waals surface area contributed by atoms with Gasteiger partial charge < -0.3 is 9.84 Å². The number of aliphatic carboxylic acids is 1. The molecule has 0 atom stereocenters. The monoisotopic (exact) mass is 212 g/mol. The van der Waals surface area contributed by atoms with E-state index in [0.29, 0.717) is 6.42 Å². The predicted molar refractivity (Wildman–Crippen MR) is 55.1 cm³/mol. The zero-order valence-corrected chi connectivity index (χ0v) is 9.08. The summed E-state index contributed by atoms with van der Waals surface area (Å²) in [6.45, 7) is 3.74. The van der Waals surface area contributed by atoms with E-state index in [1.54, 1.807) is 13.8 Å². The van der Waals surface area contributed by atoms with Crippen LogP contribution in [0.15, 0.2) is 0 Å². The van der Waals surface area contributed by atoms with Crippen molar-refractivity contribution in [1.82, 2.24) is 0 Å². The molecule has 0 aromatic heterocycles. The summed E-state index contributed by atoms with van der Waals surface area (Å²) >= 11 is 0. The molecular formula is C11H16O4. The summed E-state index contributed by atoms with van der Waals surface area (Å²) in [5.74, 6) is 1.19. The first-order chi connectivity index (χ1) is 6.87. The van der Waals surface area contributed by atoms with Gasteiger partial charge >= 0.3 is 11.9 Å². The van der Waals surface area contributed by atoms with Gasteiger partial charge in [-0.25, -0.2) is 0 Å². The number of carbonyl (C=O) groups is 2. The highest BCUT2D eigenvalue weighted by atomic mass is 16.5. The molecule has 1 N–H and O–H groups in total. The van der Waals surface area contributed by atoms with Crippen molar-refractivity contribution in [2.75, 3.05) is 6.61 Å². The molecule has 0 spiro atoms. The number of carboxylic acid groups (broad SMARTS) is 1. The van der Waals surface area contributed by atoms with Gasteiger partial charge in [0, 0.05) is 12.8 Å². The topological polar surface area (TPSA) is 63.6 Å². The first kappa shape index (κ1) is 13.5. The van der Waals surface area contributed by atoms with Crippen LogP contribution >= 0.6 is 0 Å². The molecule has 0 radical (unpaired) electrons. The lowest BCUT2D eigenvalue weighted by atomic mass is 9.97. The van der Waals surface area contributed by atoms with Crippen molar-refractivity contribution < 1.29 is 19.4 Å². The summed E-state index contributed by atoms with van der Waals surface area (Å²) in [5.41, 5.74) is -0.470. The first-order valence-corrected chi connectivity index (χ1v) is 4.72. The number of esters is 1. The maximum absolute atomic E-state index is 11.1. The van der Waals surface area contributed by atoms with E-state index in [9.17, 15) is 9.59 Å². The molecule has 0 saturated carbocycles. The Morgan fingerprint density at radius 3 is 2.47 bits per heavy atom. The van der Waals surface area contributed by atoms with Crippen LogP contribution in [0.1, 0.15) is 33.1 Å². The van der Waals surface area contributed by atoms with Gasteiger partial charge in [0.15, 0.2) is 0 Å². The minimum absolute atomic E-state index is 0.0202. The third-order valence-corrected chi connectivity index (χ3v) is 1.76. The van der Waals surface area contributed by atoms with Crippen LogP contribution in [0.2, 0.25) is 0 Å². The van der Waals surface area contributed by atoms with Crippen molar-refractivity contribution >= 4 is 11.9 Å². The van der Waals surface area contributed by atoms with Crippen LogP contribution in [0, 0.1) is 17.8 Å². The highest BCUT2D eigenvalue weighted by molar-refractivity contribution is 5.71. The Morgan fingerprint density at radius 2 is 2.00 bits per heavy atom. The van der Waals surface area contributed by atoms with E-state index in [1.165, 1.54) is 0 Å². The van der Waals surface area contributed by atoms with E-state index in [4.69, 9.17) is 16.3 Å². The molecule has 0 aromatic carbocycles. The van der Waals surface area contributed by atoms with Gasteiger partial charge in [0.05, 0.1) is 5.41 Å². The number of hydrogen-bond donors (Lipinski definition) is 1. The number of rotatable bonds is 6. The van der Waals surface area contributed by atoms with E-state index in [-0.39, 0.29) is 19.4 Å². The van der Waals surface area contributed by atoms with Gasteiger partial charge in [0.2, 0.25) is 0 Å². The van der Waals surface area contributed by atoms with E-state index >= 15 is 0 Å². The molecule has 15 heavy (non-hydrogen) atoms. The Bertz CT molecular complexity index is 273. The molecule has 0 aromatic rings. The van der Waals surface area contributed by atoms with Crippen LogP contribution in [0.4, 0.5) is 0 Å². The molecule has 0 aliphatic carbocycles. The van der Waals surface area contributed by atoms with Crippen LogP contribution < -0.4 is 0 Å². The summed E-state index contributed by atoms with van der Waals surface area (Å²) in [4.78, 5) is 21.3. The van der Waals surface area contributed by atoms with Crippen molar-refractivity contribution in [3.8, 4) is 12.3 Å². The Hall–Kier alpha value is -1.50. The summed E-state index contributed by atoms with van der Waals surface area (Å²) in [5, 5.41) is 8.34. The molecular weight excluding hydrogens is 196 g/mol. The quantitative estimate of drug-likeness (QED) is 0.534. The molecule has 0 aliphatic heterocycles. The normalized spacial score (nSPS) is 10.5. The van der Waals surface area contributed by atoms with Crippen molar-refractivity contribution in [3.63, 3.8) is 0 Å². The highest BCUT2D eigenvalue weighted by Gasteiger charge is 2.16. The lowest BCUT2D eigenvalue weighted by molar-refractivity contribution is -0.146. The minimum atomic E-state index is -0.910. The van der Waals surface area contributed by atoms with E-state index in [2.05, 4.69) is 5.92 Å². The van der Waals surface area contributed by atoms with Crippen molar-refractivity contribution in [3.05, 3.63) is 0 Å².